The molecule has 26 heavy (non-hydrogen) atoms. The van der Waals surface area contributed by atoms with Crippen LogP contribution in [0.25, 0.3) is 11.4 Å². The van der Waals surface area contributed by atoms with Crippen molar-refractivity contribution in [3.05, 3.63) is 52.4 Å². The van der Waals surface area contributed by atoms with Gasteiger partial charge in [-0.15, -0.1) is 10.2 Å². The third-order valence-corrected chi connectivity index (χ3v) is 5.09. The van der Waals surface area contributed by atoms with Gasteiger partial charge in [0.25, 0.3) is 0 Å². The van der Waals surface area contributed by atoms with Crippen molar-refractivity contribution >= 4 is 29.3 Å². The summed E-state index contributed by atoms with van der Waals surface area (Å²) in [6.07, 6.45) is 0. The highest BCUT2D eigenvalue weighted by Gasteiger charge is 2.17. The van der Waals surface area contributed by atoms with E-state index in [4.69, 9.17) is 20.8 Å². The summed E-state index contributed by atoms with van der Waals surface area (Å²) >= 11 is 7.45. The number of furan rings is 1. The lowest BCUT2D eigenvalue weighted by Crippen LogP contribution is -2.00. The zero-order valence-corrected chi connectivity index (χ0v) is 16.2. The van der Waals surface area contributed by atoms with Crippen LogP contribution >= 0.6 is 23.4 Å². The Morgan fingerprint density at radius 2 is 2.04 bits per heavy atom. The van der Waals surface area contributed by atoms with Crippen LogP contribution in [0.2, 0.25) is 5.02 Å². The minimum Gasteiger partial charge on any atom is -0.465 e. The molecule has 3 rings (SSSR count). The number of esters is 1. The lowest BCUT2D eigenvalue weighted by Gasteiger charge is -2.06. The van der Waals surface area contributed by atoms with Gasteiger partial charge in [0, 0.05) is 17.1 Å². The fourth-order valence-electron chi connectivity index (χ4n) is 2.56. The van der Waals surface area contributed by atoms with Crippen LogP contribution in [0.3, 0.4) is 0 Å². The van der Waals surface area contributed by atoms with Crippen LogP contribution in [0.15, 0.2) is 39.9 Å². The largest absolute Gasteiger partial charge is 0.465 e. The maximum Gasteiger partial charge on any atom is 0.341 e. The predicted octanol–water partition coefficient (Wildman–Crippen LogP) is 4.60. The molecule has 0 radical (unpaired) electrons. The van der Waals surface area contributed by atoms with Crippen LogP contribution in [0, 0.1) is 6.92 Å². The summed E-state index contributed by atoms with van der Waals surface area (Å²) in [6, 6.07) is 9.22. The third kappa shape index (κ3) is 3.78. The molecular weight excluding hydrogens is 374 g/mol. The van der Waals surface area contributed by atoms with Crippen molar-refractivity contribution in [2.45, 2.75) is 31.3 Å². The molecule has 3 aromatic rings. The first kappa shape index (κ1) is 18.5. The molecule has 1 aromatic carbocycles. The van der Waals surface area contributed by atoms with E-state index in [0.717, 1.165) is 23.1 Å². The second kappa shape index (κ2) is 7.97. The van der Waals surface area contributed by atoms with E-state index in [0.29, 0.717) is 27.9 Å². The summed E-state index contributed by atoms with van der Waals surface area (Å²) in [6.45, 7) is 4.52. The molecule has 0 saturated carbocycles. The Hall–Kier alpha value is -2.25. The number of thioether (sulfide) groups is 1. The number of ether oxygens (including phenoxy) is 1. The van der Waals surface area contributed by atoms with Crippen molar-refractivity contribution in [2.24, 2.45) is 0 Å². The van der Waals surface area contributed by atoms with E-state index >= 15 is 0 Å². The molecular formula is C18H18ClN3O3S. The van der Waals surface area contributed by atoms with Gasteiger partial charge in [-0.25, -0.2) is 4.79 Å². The first-order valence-electron chi connectivity index (χ1n) is 8.03. The fraction of sp³-hybridized carbons (Fsp3) is 0.278. The van der Waals surface area contributed by atoms with Gasteiger partial charge in [0.1, 0.15) is 17.1 Å². The summed E-state index contributed by atoms with van der Waals surface area (Å²) in [5.41, 5.74) is 1.40. The highest BCUT2D eigenvalue weighted by atomic mass is 35.5. The second-order valence-corrected chi connectivity index (χ2v) is 6.90. The number of aromatic nitrogens is 3. The Kier molecular flexibility index (Phi) is 5.68. The molecule has 0 aliphatic carbocycles. The lowest BCUT2D eigenvalue weighted by molar-refractivity contribution is 0.0599. The van der Waals surface area contributed by atoms with E-state index in [-0.39, 0.29) is 0 Å². The molecule has 0 bridgehead atoms. The first-order valence-corrected chi connectivity index (χ1v) is 9.39. The monoisotopic (exact) mass is 391 g/mol. The van der Waals surface area contributed by atoms with E-state index in [2.05, 4.69) is 10.2 Å². The summed E-state index contributed by atoms with van der Waals surface area (Å²) in [4.78, 5) is 11.7. The molecule has 0 aliphatic heterocycles. The number of methoxy groups -OCH3 is 1. The number of hydrogen-bond donors (Lipinski definition) is 0. The molecule has 0 spiro atoms. The number of halogens is 1. The Morgan fingerprint density at radius 3 is 2.69 bits per heavy atom. The molecule has 0 amide bonds. The van der Waals surface area contributed by atoms with Gasteiger partial charge in [0.05, 0.1) is 12.9 Å². The minimum atomic E-state index is -0.399. The van der Waals surface area contributed by atoms with Gasteiger partial charge in [0.15, 0.2) is 11.0 Å². The van der Waals surface area contributed by atoms with Gasteiger partial charge in [0.2, 0.25) is 0 Å². The van der Waals surface area contributed by atoms with Crippen LogP contribution in [0.1, 0.15) is 28.8 Å². The molecule has 136 valence electrons. The van der Waals surface area contributed by atoms with E-state index in [1.165, 1.54) is 18.9 Å². The van der Waals surface area contributed by atoms with Crippen LogP contribution in [-0.4, -0.2) is 27.8 Å². The van der Waals surface area contributed by atoms with Gasteiger partial charge >= 0.3 is 5.97 Å². The average Bonchev–Trinajstić information content (AvgIpc) is 3.22. The molecule has 6 nitrogen and oxygen atoms in total. The number of carbonyl (C=O) groups is 1. The summed E-state index contributed by atoms with van der Waals surface area (Å²) < 4.78 is 12.4. The Bertz CT molecular complexity index is 918. The zero-order chi connectivity index (χ0) is 18.7. The minimum absolute atomic E-state index is 0.399. The van der Waals surface area contributed by atoms with Crippen molar-refractivity contribution in [3.8, 4) is 11.4 Å². The first-order chi connectivity index (χ1) is 12.5. The molecule has 0 aliphatic rings. The summed E-state index contributed by atoms with van der Waals surface area (Å²) in [5.74, 6) is 2.16. The van der Waals surface area contributed by atoms with E-state index in [1.54, 1.807) is 13.0 Å². The molecule has 2 heterocycles. The van der Waals surface area contributed by atoms with Gasteiger partial charge in [-0.1, -0.05) is 23.4 Å². The predicted molar refractivity (Wildman–Crippen MR) is 100 cm³/mol. The number of aryl methyl sites for hydroxylation is 1. The van der Waals surface area contributed by atoms with E-state index < -0.39 is 5.97 Å². The maximum atomic E-state index is 11.7. The van der Waals surface area contributed by atoms with Crippen molar-refractivity contribution < 1.29 is 13.9 Å². The second-order valence-electron chi connectivity index (χ2n) is 5.52. The van der Waals surface area contributed by atoms with E-state index in [1.807, 2.05) is 35.8 Å². The average molecular weight is 392 g/mol. The lowest BCUT2D eigenvalue weighted by atomic mass is 10.2. The van der Waals surface area contributed by atoms with Crippen LogP contribution in [0.5, 0.6) is 0 Å². The van der Waals surface area contributed by atoms with Crippen molar-refractivity contribution in [1.29, 1.82) is 0 Å². The molecule has 0 unspecified atom stereocenters. The van der Waals surface area contributed by atoms with Gasteiger partial charge in [-0.05, 0) is 44.2 Å². The molecule has 0 fully saturated rings. The fourth-order valence-corrected chi connectivity index (χ4v) is 3.57. The van der Waals surface area contributed by atoms with Crippen LogP contribution in [-0.2, 0) is 17.0 Å². The topological polar surface area (TPSA) is 70.2 Å². The maximum absolute atomic E-state index is 11.7. The smallest absolute Gasteiger partial charge is 0.341 e. The highest BCUT2D eigenvalue weighted by molar-refractivity contribution is 7.98. The summed E-state index contributed by atoms with van der Waals surface area (Å²) in [5, 5.41) is 10.1. The number of benzene rings is 1. The molecule has 0 saturated heterocycles. The van der Waals surface area contributed by atoms with Gasteiger partial charge in [-0.3, -0.25) is 0 Å². The zero-order valence-electron chi connectivity index (χ0n) is 14.7. The Labute approximate surface area is 160 Å². The van der Waals surface area contributed by atoms with Crippen molar-refractivity contribution in [3.63, 3.8) is 0 Å². The SMILES string of the molecule is CCn1c(SCc2cc(C(=O)OC)c(C)o2)nnc1-c1ccc(Cl)cc1. The van der Waals surface area contributed by atoms with Crippen LogP contribution in [0.4, 0.5) is 0 Å². The molecule has 8 heteroatoms. The number of nitrogens with zero attached hydrogens (tertiary/aromatic N) is 3. The third-order valence-electron chi connectivity index (χ3n) is 3.85. The number of hydrogen-bond acceptors (Lipinski definition) is 6. The van der Waals surface area contributed by atoms with Crippen molar-refractivity contribution in [1.82, 2.24) is 14.8 Å². The van der Waals surface area contributed by atoms with Gasteiger partial charge < -0.3 is 13.7 Å². The van der Waals surface area contributed by atoms with Crippen LogP contribution < -0.4 is 0 Å². The van der Waals surface area contributed by atoms with Gasteiger partial charge in [-0.2, -0.15) is 0 Å². The molecule has 0 N–H and O–H groups in total. The van der Waals surface area contributed by atoms with Crippen molar-refractivity contribution in [2.75, 3.05) is 7.11 Å². The quantitative estimate of drug-likeness (QED) is 0.451. The Balaban J connectivity index is 1.79. The Morgan fingerprint density at radius 1 is 1.31 bits per heavy atom. The molecule has 2 aromatic heterocycles. The molecule has 0 atom stereocenters. The summed E-state index contributed by atoms with van der Waals surface area (Å²) in [7, 11) is 1.35. The number of rotatable bonds is 6. The van der Waals surface area contributed by atoms with E-state index in [9.17, 15) is 4.79 Å². The number of carbonyl (C=O) groups excluding carboxylic acids is 1. The highest BCUT2D eigenvalue weighted by Crippen LogP contribution is 2.28. The normalized spacial score (nSPS) is 10.9. The standard InChI is InChI=1S/C18H18ClN3O3S/c1-4-22-16(12-5-7-13(19)8-6-12)20-21-18(22)26-10-14-9-15(11(2)25-14)17(23)24-3/h5-9H,4,10H2,1-3H3.